The quantitative estimate of drug-likeness (QED) is 0.419. The lowest BCUT2D eigenvalue weighted by Gasteiger charge is -2.43. The van der Waals surface area contributed by atoms with Gasteiger partial charge in [-0.2, -0.15) is 0 Å². The third-order valence-electron chi connectivity index (χ3n) is 7.66. The number of β-amino-alcohol motifs (C(OH)–C–C–N with tert-alkyl or cyclic N) is 1. The van der Waals surface area contributed by atoms with Crippen molar-refractivity contribution in [3.05, 3.63) is 53.6 Å². The maximum atomic E-state index is 13.1. The van der Waals surface area contributed by atoms with E-state index >= 15 is 0 Å². The number of nitrogens with two attached hydrogens (primary N) is 1. The summed E-state index contributed by atoms with van der Waals surface area (Å²) >= 11 is 0. The van der Waals surface area contributed by atoms with E-state index in [-0.39, 0.29) is 24.3 Å². The Morgan fingerprint density at radius 1 is 1.15 bits per heavy atom. The van der Waals surface area contributed by atoms with Gasteiger partial charge in [0.1, 0.15) is 18.1 Å². The Bertz CT molecular complexity index is 1080. The molecule has 2 aliphatic heterocycles. The summed E-state index contributed by atoms with van der Waals surface area (Å²) in [5.74, 6) is 1.14. The van der Waals surface area contributed by atoms with E-state index in [0.717, 1.165) is 47.8 Å². The number of methoxy groups -OCH3 is 2. The monoisotopic (exact) mass is 541 g/mol. The summed E-state index contributed by atoms with van der Waals surface area (Å²) in [5, 5.41) is 11.3. The Hall–Kier alpha value is -2.85. The van der Waals surface area contributed by atoms with Crippen LogP contribution in [0.5, 0.6) is 11.5 Å². The molecule has 9 nitrogen and oxygen atoms in total. The number of anilines is 1. The number of carbonyl (C=O) groups is 1. The van der Waals surface area contributed by atoms with Crippen LogP contribution >= 0.6 is 0 Å². The largest absolute Gasteiger partial charge is 0.497 e. The molecule has 214 valence electrons. The van der Waals surface area contributed by atoms with Crippen molar-refractivity contribution in [2.75, 3.05) is 58.5 Å². The highest BCUT2D eigenvalue weighted by Gasteiger charge is 2.40. The summed E-state index contributed by atoms with van der Waals surface area (Å²) in [6.07, 6.45) is -0.285. The number of hydrogen-bond donors (Lipinski definition) is 2. The number of amides is 1. The van der Waals surface area contributed by atoms with Crippen LogP contribution in [0, 0.1) is 5.92 Å². The molecule has 3 N–H and O–H groups in total. The van der Waals surface area contributed by atoms with E-state index in [1.165, 1.54) is 0 Å². The summed E-state index contributed by atoms with van der Waals surface area (Å²) < 4.78 is 22.9. The molecule has 0 unspecified atom stereocenters. The van der Waals surface area contributed by atoms with Crippen molar-refractivity contribution in [1.82, 2.24) is 4.90 Å². The summed E-state index contributed by atoms with van der Waals surface area (Å²) in [6, 6.07) is 13.2. The Morgan fingerprint density at radius 2 is 1.92 bits per heavy atom. The SMILES string of the molecule is COCCCN1CCOc2ccc(CO[C@H]3CN(C(=O)[C@@H](N)C(C)C)C[C@@H](O)[C@@H]3c3ccc(OC)cc3)cc21. The molecule has 0 radical (unpaired) electrons. The topological polar surface area (TPSA) is 107 Å². The molecule has 0 bridgehead atoms. The van der Waals surface area contributed by atoms with Gasteiger partial charge in [-0.25, -0.2) is 0 Å². The molecule has 0 spiro atoms. The third kappa shape index (κ3) is 7.03. The van der Waals surface area contributed by atoms with Crippen LogP contribution in [-0.2, 0) is 20.9 Å². The first-order valence-electron chi connectivity index (χ1n) is 13.8. The molecule has 1 amide bonds. The molecule has 2 aliphatic rings. The maximum absolute atomic E-state index is 13.1. The van der Waals surface area contributed by atoms with E-state index in [1.54, 1.807) is 19.1 Å². The van der Waals surface area contributed by atoms with Crippen LogP contribution < -0.4 is 20.1 Å². The van der Waals surface area contributed by atoms with Crippen molar-refractivity contribution >= 4 is 11.6 Å². The Balaban J connectivity index is 1.54. The van der Waals surface area contributed by atoms with Crippen LogP contribution in [0.1, 0.15) is 37.3 Å². The van der Waals surface area contributed by atoms with E-state index < -0.39 is 18.2 Å². The molecular weight excluding hydrogens is 498 g/mol. The molecule has 2 heterocycles. The van der Waals surface area contributed by atoms with Gasteiger partial charge in [-0.05, 0) is 47.7 Å². The second kappa shape index (κ2) is 13.5. The van der Waals surface area contributed by atoms with Gasteiger partial charge in [-0.15, -0.1) is 0 Å². The van der Waals surface area contributed by atoms with E-state index in [4.69, 9.17) is 24.7 Å². The second-order valence-electron chi connectivity index (χ2n) is 10.7. The predicted molar refractivity (Wildman–Crippen MR) is 150 cm³/mol. The highest BCUT2D eigenvalue weighted by Crippen LogP contribution is 2.35. The van der Waals surface area contributed by atoms with Crippen molar-refractivity contribution in [2.45, 2.75) is 51.0 Å². The summed E-state index contributed by atoms with van der Waals surface area (Å²) in [7, 11) is 3.34. The van der Waals surface area contributed by atoms with E-state index in [9.17, 15) is 9.90 Å². The van der Waals surface area contributed by atoms with Crippen LogP contribution in [0.25, 0.3) is 0 Å². The van der Waals surface area contributed by atoms with Crippen molar-refractivity contribution in [2.24, 2.45) is 11.7 Å². The van der Waals surface area contributed by atoms with Crippen molar-refractivity contribution in [3.8, 4) is 11.5 Å². The lowest BCUT2D eigenvalue weighted by atomic mass is 9.84. The van der Waals surface area contributed by atoms with Crippen molar-refractivity contribution < 1.29 is 28.8 Å². The molecule has 2 aromatic carbocycles. The van der Waals surface area contributed by atoms with Crippen LogP contribution in [0.15, 0.2) is 42.5 Å². The van der Waals surface area contributed by atoms with Crippen LogP contribution in [0.2, 0.25) is 0 Å². The number of hydrogen-bond acceptors (Lipinski definition) is 8. The fourth-order valence-electron chi connectivity index (χ4n) is 5.33. The van der Waals surface area contributed by atoms with Gasteiger partial charge in [-0.1, -0.05) is 32.0 Å². The molecule has 4 rings (SSSR count). The van der Waals surface area contributed by atoms with Gasteiger partial charge in [0.15, 0.2) is 0 Å². The normalized spacial score (nSPS) is 21.9. The van der Waals surface area contributed by atoms with Gasteiger partial charge < -0.3 is 39.6 Å². The summed E-state index contributed by atoms with van der Waals surface area (Å²) in [6.45, 7) is 7.82. The minimum atomic E-state index is -0.798. The molecule has 39 heavy (non-hydrogen) atoms. The first-order valence-corrected chi connectivity index (χ1v) is 13.8. The number of ether oxygens (including phenoxy) is 4. The lowest BCUT2D eigenvalue weighted by molar-refractivity contribution is -0.144. The predicted octanol–water partition coefficient (Wildman–Crippen LogP) is 2.79. The van der Waals surface area contributed by atoms with Crippen molar-refractivity contribution in [3.63, 3.8) is 0 Å². The zero-order valence-electron chi connectivity index (χ0n) is 23.5. The number of likely N-dealkylation sites (tertiary alicyclic amines) is 1. The number of benzene rings is 2. The fraction of sp³-hybridized carbons (Fsp3) is 0.567. The van der Waals surface area contributed by atoms with Crippen LogP contribution in [-0.4, -0.2) is 87.8 Å². The Kier molecular flexibility index (Phi) is 10.1. The zero-order valence-corrected chi connectivity index (χ0v) is 23.5. The van der Waals surface area contributed by atoms with Crippen LogP contribution in [0.4, 0.5) is 5.69 Å². The first kappa shape index (κ1) is 29.1. The van der Waals surface area contributed by atoms with Gasteiger partial charge in [0.05, 0.1) is 44.2 Å². The van der Waals surface area contributed by atoms with Crippen molar-refractivity contribution in [1.29, 1.82) is 0 Å². The maximum Gasteiger partial charge on any atom is 0.239 e. The first-order chi connectivity index (χ1) is 18.8. The van der Waals surface area contributed by atoms with Gasteiger partial charge in [-0.3, -0.25) is 4.79 Å². The smallest absolute Gasteiger partial charge is 0.239 e. The highest BCUT2D eigenvalue weighted by atomic mass is 16.5. The minimum Gasteiger partial charge on any atom is -0.497 e. The standard InChI is InChI=1S/C30H43N3O6/c1-20(2)29(31)30(35)33-17-25(34)28(22-7-9-23(37-4)10-8-22)27(18-33)39-19-21-6-11-26-24(16-21)32(13-15-38-26)12-5-14-36-3/h6-11,16,20,25,27-29,34H,5,12-15,17-19,31H2,1-4H3/t25-,27+,28+,29+/m1/s1. The highest BCUT2D eigenvalue weighted by molar-refractivity contribution is 5.82. The molecule has 0 aliphatic carbocycles. The minimum absolute atomic E-state index is 0.00197. The molecule has 0 saturated carbocycles. The lowest BCUT2D eigenvalue weighted by Crippen LogP contribution is -2.57. The Morgan fingerprint density at radius 3 is 2.62 bits per heavy atom. The van der Waals surface area contributed by atoms with E-state index in [2.05, 4.69) is 11.0 Å². The third-order valence-corrected chi connectivity index (χ3v) is 7.66. The number of piperidine rings is 1. The molecule has 4 atom stereocenters. The number of nitrogens with zero attached hydrogens (tertiary/aromatic N) is 2. The molecule has 1 saturated heterocycles. The average Bonchev–Trinajstić information content (AvgIpc) is 2.95. The summed E-state index contributed by atoms with van der Waals surface area (Å²) in [5.41, 5.74) is 9.19. The number of carbonyl (C=O) groups excluding carboxylic acids is 1. The summed E-state index contributed by atoms with van der Waals surface area (Å²) in [4.78, 5) is 17.1. The number of fused-ring (bicyclic) bond motifs is 1. The molecule has 2 aromatic rings. The fourth-order valence-corrected chi connectivity index (χ4v) is 5.33. The molecule has 0 aromatic heterocycles. The number of aliphatic hydroxyl groups excluding tert-OH is 1. The zero-order chi connectivity index (χ0) is 27.9. The van der Waals surface area contributed by atoms with Gasteiger partial charge in [0, 0.05) is 39.3 Å². The molecule has 1 fully saturated rings. The van der Waals surface area contributed by atoms with Crippen LogP contribution in [0.3, 0.4) is 0 Å². The number of aliphatic hydroxyl groups is 1. The molecule has 9 heteroatoms. The number of rotatable bonds is 11. The van der Waals surface area contributed by atoms with E-state index in [0.29, 0.717) is 26.4 Å². The van der Waals surface area contributed by atoms with Gasteiger partial charge in [0.2, 0.25) is 5.91 Å². The second-order valence-corrected chi connectivity index (χ2v) is 10.7. The van der Waals surface area contributed by atoms with E-state index in [1.807, 2.05) is 50.2 Å². The van der Waals surface area contributed by atoms with Gasteiger partial charge in [0.25, 0.3) is 0 Å². The average molecular weight is 542 g/mol. The molecular formula is C30H43N3O6. The van der Waals surface area contributed by atoms with Gasteiger partial charge >= 0.3 is 0 Å². The Labute approximate surface area is 231 Å².